The van der Waals surface area contributed by atoms with Crippen LogP contribution in [0, 0.1) is 5.92 Å². The fraction of sp³-hybridized carbons (Fsp3) is 1.00. The largest absolute Gasteiger partial charge is 0.377 e. The summed E-state index contributed by atoms with van der Waals surface area (Å²) in [5, 5.41) is 3.40. The van der Waals surface area contributed by atoms with E-state index >= 15 is 0 Å². The van der Waals surface area contributed by atoms with Crippen LogP contribution >= 0.6 is 0 Å². The van der Waals surface area contributed by atoms with Crippen LogP contribution in [0.5, 0.6) is 0 Å². The average Bonchev–Trinajstić information content (AvgIpc) is 2.61. The molecule has 1 aliphatic heterocycles. The third-order valence-electron chi connectivity index (χ3n) is 3.24. The topological polar surface area (TPSA) is 24.5 Å². The van der Waals surface area contributed by atoms with E-state index in [0.29, 0.717) is 18.1 Å². The fourth-order valence-corrected chi connectivity index (χ4v) is 2.38. The minimum absolute atomic E-state index is 0.404. The van der Waals surface area contributed by atoms with Crippen molar-refractivity contribution in [3.05, 3.63) is 0 Å². The van der Waals surface area contributed by atoms with Crippen molar-refractivity contribution < 1.29 is 4.74 Å². The van der Waals surface area contributed by atoms with Crippen molar-refractivity contribution in [2.24, 2.45) is 5.92 Å². The van der Waals surface area contributed by atoms with Crippen LogP contribution in [0.1, 0.15) is 27.2 Å². The lowest BCUT2D eigenvalue weighted by molar-refractivity contribution is 0.0791. The van der Waals surface area contributed by atoms with Crippen LogP contribution in [0.3, 0.4) is 0 Å². The monoisotopic (exact) mass is 214 g/mol. The van der Waals surface area contributed by atoms with Gasteiger partial charge in [-0.25, -0.2) is 0 Å². The molecular formula is C12H26N2O. The van der Waals surface area contributed by atoms with Gasteiger partial charge in [0, 0.05) is 19.2 Å². The Labute approximate surface area is 94.2 Å². The van der Waals surface area contributed by atoms with E-state index in [0.717, 1.165) is 26.2 Å². The molecule has 1 aliphatic rings. The Balaban J connectivity index is 2.24. The normalized spacial score (nSPS) is 28.6. The summed E-state index contributed by atoms with van der Waals surface area (Å²) in [7, 11) is 2.22. The van der Waals surface area contributed by atoms with E-state index in [9.17, 15) is 0 Å². The summed E-state index contributed by atoms with van der Waals surface area (Å²) in [6.45, 7) is 10.9. The zero-order valence-corrected chi connectivity index (χ0v) is 10.6. The molecule has 0 aromatic heterocycles. The van der Waals surface area contributed by atoms with Gasteiger partial charge in [-0.2, -0.15) is 0 Å². The Kier molecular flexibility index (Phi) is 5.58. The molecule has 3 nitrogen and oxygen atoms in total. The van der Waals surface area contributed by atoms with Crippen LogP contribution < -0.4 is 5.32 Å². The zero-order chi connectivity index (χ0) is 11.3. The quantitative estimate of drug-likeness (QED) is 0.722. The van der Waals surface area contributed by atoms with Crippen molar-refractivity contribution in [1.29, 1.82) is 0 Å². The summed E-state index contributed by atoms with van der Waals surface area (Å²) < 4.78 is 5.59. The zero-order valence-electron chi connectivity index (χ0n) is 10.6. The van der Waals surface area contributed by atoms with Gasteiger partial charge >= 0.3 is 0 Å². The summed E-state index contributed by atoms with van der Waals surface area (Å²) in [6, 6.07) is 0.620. The lowest BCUT2D eigenvalue weighted by Crippen LogP contribution is -2.41. The number of nitrogens with zero attached hydrogens (tertiary/aromatic N) is 1. The van der Waals surface area contributed by atoms with E-state index in [1.54, 1.807) is 0 Å². The number of rotatable bonds is 6. The van der Waals surface area contributed by atoms with Crippen LogP contribution in [0.2, 0.25) is 0 Å². The molecule has 0 spiro atoms. The third-order valence-corrected chi connectivity index (χ3v) is 3.24. The van der Waals surface area contributed by atoms with Crippen LogP contribution in [0.25, 0.3) is 0 Å². The highest BCUT2D eigenvalue weighted by Crippen LogP contribution is 2.18. The molecule has 0 aromatic rings. The molecule has 0 radical (unpaired) electrons. The number of hydrogen-bond acceptors (Lipinski definition) is 3. The highest BCUT2D eigenvalue weighted by Gasteiger charge is 2.28. The maximum atomic E-state index is 5.59. The molecule has 1 N–H and O–H groups in total. The number of nitrogens with one attached hydrogen (secondary N) is 1. The van der Waals surface area contributed by atoms with Crippen molar-refractivity contribution in [3.8, 4) is 0 Å². The maximum absolute atomic E-state index is 5.59. The molecule has 1 heterocycles. The number of ether oxygens (including phenoxy) is 1. The van der Waals surface area contributed by atoms with E-state index in [2.05, 4.69) is 38.0 Å². The van der Waals surface area contributed by atoms with Gasteiger partial charge < -0.3 is 15.0 Å². The second kappa shape index (κ2) is 6.46. The molecule has 3 heteroatoms. The first-order chi connectivity index (χ1) is 7.15. The second-order valence-corrected chi connectivity index (χ2v) is 4.78. The summed E-state index contributed by atoms with van der Waals surface area (Å²) >= 11 is 0. The van der Waals surface area contributed by atoms with Gasteiger partial charge in [0.05, 0.1) is 6.10 Å². The Hall–Kier alpha value is -0.120. The Bertz CT molecular complexity index is 175. The lowest BCUT2D eigenvalue weighted by atomic mass is 10.1. The smallest absolute Gasteiger partial charge is 0.0702 e. The minimum atomic E-state index is 0.404. The summed E-state index contributed by atoms with van der Waals surface area (Å²) in [5.41, 5.74) is 0. The summed E-state index contributed by atoms with van der Waals surface area (Å²) in [6.07, 6.45) is 1.59. The highest BCUT2D eigenvalue weighted by molar-refractivity contribution is 4.81. The first-order valence-corrected chi connectivity index (χ1v) is 6.17. The number of likely N-dealkylation sites (N-methyl/N-ethyl adjacent to an activating group) is 1. The van der Waals surface area contributed by atoms with Crippen molar-refractivity contribution in [1.82, 2.24) is 10.2 Å². The van der Waals surface area contributed by atoms with Gasteiger partial charge in [0.2, 0.25) is 0 Å². The average molecular weight is 214 g/mol. The molecule has 3 unspecified atom stereocenters. The van der Waals surface area contributed by atoms with E-state index < -0.39 is 0 Å². The summed E-state index contributed by atoms with van der Waals surface area (Å²) in [5.74, 6) is 0.711. The molecule has 15 heavy (non-hydrogen) atoms. The number of hydrogen-bond donors (Lipinski definition) is 1. The second-order valence-electron chi connectivity index (χ2n) is 4.78. The highest BCUT2D eigenvalue weighted by atomic mass is 16.5. The van der Waals surface area contributed by atoms with Crippen LogP contribution in [0.15, 0.2) is 0 Å². The van der Waals surface area contributed by atoms with Crippen LogP contribution in [-0.4, -0.2) is 50.3 Å². The van der Waals surface area contributed by atoms with Crippen molar-refractivity contribution in [2.45, 2.75) is 39.3 Å². The Morgan fingerprint density at radius 3 is 2.80 bits per heavy atom. The van der Waals surface area contributed by atoms with E-state index in [1.165, 1.54) is 6.42 Å². The van der Waals surface area contributed by atoms with E-state index in [4.69, 9.17) is 4.74 Å². The molecule has 0 saturated carbocycles. The van der Waals surface area contributed by atoms with Gasteiger partial charge in [-0.3, -0.25) is 0 Å². The van der Waals surface area contributed by atoms with E-state index in [1.807, 2.05) is 0 Å². The minimum Gasteiger partial charge on any atom is -0.377 e. The molecule has 1 saturated heterocycles. The van der Waals surface area contributed by atoms with Gasteiger partial charge in [0.15, 0.2) is 0 Å². The predicted molar refractivity (Wildman–Crippen MR) is 64.2 cm³/mol. The molecule has 90 valence electrons. The van der Waals surface area contributed by atoms with E-state index in [-0.39, 0.29) is 0 Å². The van der Waals surface area contributed by atoms with Gasteiger partial charge in [-0.15, -0.1) is 0 Å². The first-order valence-electron chi connectivity index (χ1n) is 6.17. The molecular weight excluding hydrogens is 188 g/mol. The van der Waals surface area contributed by atoms with Crippen LogP contribution in [-0.2, 0) is 4.74 Å². The Morgan fingerprint density at radius 2 is 2.27 bits per heavy atom. The molecule has 0 amide bonds. The SMILES string of the molecule is CCNCC(C)CN(C)C1CCOC1C. The van der Waals surface area contributed by atoms with Gasteiger partial charge in [-0.1, -0.05) is 13.8 Å². The Morgan fingerprint density at radius 1 is 1.53 bits per heavy atom. The van der Waals surface area contributed by atoms with Gasteiger partial charge in [0.25, 0.3) is 0 Å². The predicted octanol–water partition coefficient (Wildman–Crippen LogP) is 1.34. The van der Waals surface area contributed by atoms with Crippen LogP contribution in [0.4, 0.5) is 0 Å². The molecule has 1 fully saturated rings. The summed E-state index contributed by atoms with van der Waals surface area (Å²) in [4.78, 5) is 2.46. The standard InChI is InChI=1S/C12H26N2O/c1-5-13-8-10(2)9-14(4)12-6-7-15-11(12)3/h10-13H,5-9H2,1-4H3. The molecule has 3 atom stereocenters. The van der Waals surface area contributed by atoms with Crippen molar-refractivity contribution >= 4 is 0 Å². The lowest BCUT2D eigenvalue weighted by Gasteiger charge is -2.29. The first kappa shape index (κ1) is 12.9. The third kappa shape index (κ3) is 4.09. The fourth-order valence-electron chi connectivity index (χ4n) is 2.38. The molecule has 0 bridgehead atoms. The molecule has 1 rings (SSSR count). The van der Waals surface area contributed by atoms with Crippen molar-refractivity contribution in [2.75, 3.05) is 33.3 Å². The van der Waals surface area contributed by atoms with Gasteiger partial charge in [0.1, 0.15) is 0 Å². The van der Waals surface area contributed by atoms with Gasteiger partial charge in [-0.05, 0) is 39.4 Å². The van der Waals surface area contributed by atoms with Crippen molar-refractivity contribution in [3.63, 3.8) is 0 Å². The molecule has 0 aliphatic carbocycles. The molecule has 0 aromatic carbocycles. The maximum Gasteiger partial charge on any atom is 0.0702 e.